The second-order valence-corrected chi connectivity index (χ2v) is 5.44. The zero-order valence-corrected chi connectivity index (χ0v) is 11.0. The van der Waals surface area contributed by atoms with Crippen molar-refractivity contribution in [3.63, 3.8) is 0 Å². The van der Waals surface area contributed by atoms with Gasteiger partial charge < -0.3 is 10.5 Å². The molecule has 0 saturated heterocycles. The molecule has 0 bridgehead atoms. The SMILES string of the molecule is Cc1ccc(OCc2cc(CN)sc2C)cc1. The molecular weight excluding hydrogens is 230 g/mol. The van der Waals surface area contributed by atoms with Gasteiger partial charge in [0.05, 0.1) is 0 Å². The number of benzene rings is 1. The quantitative estimate of drug-likeness (QED) is 0.898. The zero-order chi connectivity index (χ0) is 12.3. The highest BCUT2D eigenvalue weighted by molar-refractivity contribution is 7.12. The van der Waals surface area contributed by atoms with Crippen LogP contribution < -0.4 is 10.5 Å². The second-order valence-electron chi connectivity index (χ2n) is 4.10. The van der Waals surface area contributed by atoms with Gasteiger partial charge in [0.25, 0.3) is 0 Å². The third-order valence-electron chi connectivity index (χ3n) is 2.69. The van der Waals surface area contributed by atoms with Crippen LogP contribution in [0.1, 0.15) is 20.9 Å². The molecule has 2 N–H and O–H groups in total. The van der Waals surface area contributed by atoms with Crippen LogP contribution in [0.5, 0.6) is 5.75 Å². The predicted octanol–water partition coefficient (Wildman–Crippen LogP) is 3.40. The topological polar surface area (TPSA) is 35.2 Å². The van der Waals surface area contributed by atoms with Crippen LogP contribution in [-0.4, -0.2) is 0 Å². The lowest BCUT2D eigenvalue weighted by Crippen LogP contribution is -1.96. The number of thiophene rings is 1. The van der Waals surface area contributed by atoms with Crippen molar-refractivity contribution in [1.29, 1.82) is 0 Å². The Morgan fingerprint density at radius 2 is 1.88 bits per heavy atom. The Kier molecular flexibility index (Phi) is 3.82. The van der Waals surface area contributed by atoms with Crippen molar-refractivity contribution in [2.24, 2.45) is 5.73 Å². The van der Waals surface area contributed by atoms with Crippen molar-refractivity contribution < 1.29 is 4.74 Å². The van der Waals surface area contributed by atoms with Crippen molar-refractivity contribution in [2.45, 2.75) is 27.0 Å². The molecule has 90 valence electrons. The molecule has 0 aliphatic carbocycles. The second kappa shape index (κ2) is 5.34. The van der Waals surface area contributed by atoms with Crippen molar-refractivity contribution in [3.05, 3.63) is 51.2 Å². The number of hydrogen-bond acceptors (Lipinski definition) is 3. The molecule has 1 aromatic heterocycles. The minimum absolute atomic E-state index is 0.607. The molecule has 0 atom stereocenters. The fraction of sp³-hybridized carbons (Fsp3) is 0.286. The molecular formula is C14H17NOS. The van der Waals surface area contributed by atoms with Gasteiger partial charge in [0, 0.05) is 21.9 Å². The Hall–Kier alpha value is -1.32. The summed E-state index contributed by atoms with van der Waals surface area (Å²) in [6.07, 6.45) is 0. The van der Waals surface area contributed by atoms with Crippen molar-refractivity contribution >= 4 is 11.3 Å². The summed E-state index contributed by atoms with van der Waals surface area (Å²) >= 11 is 1.75. The average molecular weight is 247 g/mol. The lowest BCUT2D eigenvalue weighted by molar-refractivity contribution is 0.306. The van der Waals surface area contributed by atoms with Crippen LogP contribution >= 0.6 is 11.3 Å². The van der Waals surface area contributed by atoms with Gasteiger partial charge in [-0.15, -0.1) is 11.3 Å². The van der Waals surface area contributed by atoms with Crippen LogP contribution in [0.4, 0.5) is 0 Å². The van der Waals surface area contributed by atoms with Crippen molar-refractivity contribution in [2.75, 3.05) is 0 Å². The first kappa shape index (κ1) is 12.1. The van der Waals surface area contributed by atoms with Gasteiger partial charge in [0.15, 0.2) is 0 Å². The maximum Gasteiger partial charge on any atom is 0.119 e. The molecule has 0 aliphatic rings. The van der Waals surface area contributed by atoms with Gasteiger partial charge in [-0.3, -0.25) is 0 Å². The van der Waals surface area contributed by atoms with E-state index < -0.39 is 0 Å². The molecule has 2 nitrogen and oxygen atoms in total. The highest BCUT2D eigenvalue weighted by Crippen LogP contribution is 2.23. The molecule has 1 heterocycles. The van der Waals surface area contributed by atoms with Crippen molar-refractivity contribution in [3.8, 4) is 5.75 Å². The first-order valence-corrected chi connectivity index (χ1v) is 6.48. The average Bonchev–Trinajstić information content (AvgIpc) is 2.69. The van der Waals surface area contributed by atoms with E-state index in [4.69, 9.17) is 10.5 Å². The largest absolute Gasteiger partial charge is 0.489 e. The molecule has 3 heteroatoms. The number of aryl methyl sites for hydroxylation is 2. The molecule has 2 aromatic rings. The van der Waals surface area contributed by atoms with E-state index in [1.54, 1.807) is 11.3 Å². The zero-order valence-electron chi connectivity index (χ0n) is 10.2. The monoisotopic (exact) mass is 247 g/mol. The van der Waals surface area contributed by atoms with Crippen LogP contribution in [0.2, 0.25) is 0 Å². The van der Waals surface area contributed by atoms with Crippen LogP contribution in [0.15, 0.2) is 30.3 Å². The van der Waals surface area contributed by atoms with Crippen molar-refractivity contribution in [1.82, 2.24) is 0 Å². The standard InChI is InChI=1S/C14H17NOS/c1-10-3-5-13(6-4-10)16-9-12-7-14(8-15)17-11(12)2/h3-7H,8-9,15H2,1-2H3. The minimum Gasteiger partial charge on any atom is -0.489 e. The third kappa shape index (κ3) is 3.08. The number of rotatable bonds is 4. The minimum atomic E-state index is 0.607. The summed E-state index contributed by atoms with van der Waals surface area (Å²) < 4.78 is 5.75. The van der Waals surface area contributed by atoms with Crippen LogP contribution in [-0.2, 0) is 13.2 Å². The lowest BCUT2D eigenvalue weighted by Gasteiger charge is -2.05. The highest BCUT2D eigenvalue weighted by atomic mass is 32.1. The van der Waals surface area contributed by atoms with Gasteiger partial charge in [-0.05, 0) is 32.0 Å². The van der Waals surface area contributed by atoms with E-state index in [-0.39, 0.29) is 0 Å². The van der Waals surface area contributed by atoms with E-state index in [9.17, 15) is 0 Å². The molecule has 0 fully saturated rings. The van der Waals surface area contributed by atoms with Crippen LogP contribution in [0, 0.1) is 13.8 Å². The molecule has 0 unspecified atom stereocenters. The van der Waals surface area contributed by atoms with E-state index in [0.717, 1.165) is 5.75 Å². The summed E-state index contributed by atoms with van der Waals surface area (Å²) in [5.74, 6) is 0.912. The molecule has 0 radical (unpaired) electrons. The summed E-state index contributed by atoms with van der Waals surface area (Å²) in [5.41, 5.74) is 8.10. The molecule has 0 aliphatic heterocycles. The smallest absolute Gasteiger partial charge is 0.119 e. The normalized spacial score (nSPS) is 10.5. The molecule has 1 aromatic carbocycles. The van der Waals surface area contributed by atoms with E-state index in [2.05, 4.69) is 32.0 Å². The molecule has 0 amide bonds. The van der Waals surface area contributed by atoms with E-state index in [1.165, 1.54) is 20.9 Å². The van der Waals surface area contributed by atoms with Gasteiger partial charge in [0.1, 0.15) is 12.4 Å². The number of hydrogen-bond donors (Lipinski definition) is 1. The molecule has 0 spiro atoms. The molecule has 17 heavy (non-hydrogen) atoms. The highest BCUT2D eigenvalue weighted by Gasteiger charge is 2.05. The summed E-state index contributed by atoms with van der Waals surface area (Å²) in [6, 6.07) is 10.2. The summed E-state index contributed by atoms with van der Waals surface area (Å²) in [7, 11) is 0. The van der Waals surface area contributed by atoms with Gasteiger partial charge in [-0.2, -0.15) is 0 Å². The van der Waals surface area contributed by atoms with E-state index in [0.29, 0.717) is 13.2 Å². The Bertz CT molecular complexity index is 487. The van der Waals surface area contributed by atoms with Gasteiger partial charge in [-0.25, -0.2) is 0 Å². The molecule has 2 rings (SSSR count). The number of nitrogens with two attached hydrogens (primary N) is 1. The lowest BCUT2D eigenvalue weighted by atomic mass is 10.2. The first-order valence-electron chi connectivity index (χ1n) is 5.67. The van der Waals surface area contributed by atoms with Gasteiger partial charge >= 0.3 is 0 Å². The summed E-state index contributed by atoms with van der Waals surface area (Å²) in [4.78, 5) is 2.50. The fourth-order valence-corrected chi connectivity index (χ4v) is 2.55. The Labute approximate surface area is 106 Å². The van der Waals surface area contributed by atoms with Gasteiger partial charge in [-0.1, -0.05) is 17.7 Å². The van der Waals surface area contributed by atoms with Crippen LogP contribution in [0.3, 0.4) is 0 Å². The summed E-state index contributed by atoms with van der Waals surface area (Å²) in [6.45, 7) is 5.40. The Balaban J connectivity index is 2.01. The predicted molar refractivity (Wildman–Crippen MR) is 72.5 cm³/mol. The maximum absolute atomic E-state index is 5.75. The number of ether oxygens (including phenoxy) is 1. The Morgan fingerprint density at radius 3 is 2.47 bits per heavy atom. The van der Waals surface area contributed by atoms with Gasteiger partial charge in [0.2, 0.25) is 0 Å². The summed E-state index contributed by atoms with van der Waals surface area (Å²) in [5, 5.41) is 0. The maximum atomic E-state index is 5.75. The van der Waals surface area contributed by atoms with Crippen LogP contribution in [0.25, 0.3) is 0 Å². The van der Waals surface area contributed by atoms with E-state index in [1.807, 2.05) is 12.1 Å². The third-order valence-corrected chi connectivity index (χ3v) is 3.80. The fourth-order valence-electron chi connectivity index (χ4n) is 1.63. The molecule has 0 saturated carbocycles. The Morgan fingerprint density at radius 1 is 1.18 bits per heavy atom. The first-order chi connectivity index (χ1) is 8.19. The van der Waals surface area contributed by atoms with E-state index >= 15 is 0 Å².